The zero-order chi connectivity index (χ0) is 25.5. The largest absolute Gasteiger partial charge is 0.444 e. The second-order valence-electron chi connectivity index (χ2n) is 10.0. The summed E-state index contributed by atoms with van der Waals surface area (Å²) >= 11 is 0. The Kier molecular flexibility index (Phi) is 6.18. The molecule has 0 unspecified atom stereocenters. The SMILES string of the molecule is Cc1cc(-c2cnc3[nH]cc(-c4nc(C(=O)N5CCOCC5)co4)c3c2)cc(C)c1N1CCN(C)CC1. The number of aromatic nitrogens is 3. The lowest BCUT2D eigenvalue weighted by Gasteiger charge is -2.36. The Morgan fingerprint density at radius 1 is 0.973 bits per heavy atom. The van der Waals surface area contributed by atoms with Crippen LogP contribution >= 0.6 is 0 Å². The summed E-state index contributed by atoms with van der Waals surface area (Å²) < 4.78 is 11.1. The number of carbonyl (C=O) groups excluding carboxylic acids is 1. The van der Waals surface area contributed by atoms with Crippen molar-refractivity contribution in [2.45, 2.75) is 13.8 Å². The van der Waals surface area contributed by atoms with Crippen molar-refractivity contribution in [1.82, 2.24) is 24.8 Å². The van der Waals surface area contributed by atoms with Crippen LogP contribution in [0.25, 0.3) is 33.6 Å². The first-order valence-electron chi connectivity index (χ1n) is 12.8. The van der Waals surface area contributed by atoms with Gasteiger partial charge in [-0.1, -0.05) is 0 Å². The number of benzene rings is 1. The smallest absolute Gasteiger partial charge is 0.275 e. The van der Waals surface area contributed by atoms with E-state index in [1.807, 2.05) is 12.4 Å². The van der Waals surface area contributed by atoms with Crippen LogP contribution in [0.15, 0.2) is 41.3 Å². The standard InChI is InChI=1S/C28H32N6O3/c1-18-12-20(13-19(2)25(18)33-6-4-32(3)5-7-33)21-14-22-23(16-30-26(22)29-15-21)27-31-24(17-37-27)28(35)34-8-10-36-11-9-34/h12-17H,4-11H2,1-3H3,(H,29,30). The first-order valence-corrected chi connectivity index (χ1v) is 12.8. The summed E-state index contributed by atoms with van der Waals surface area (Å²) in [6.45, 7) is 10.9. The Balaban J connectivity index is 1.30. The summed E-state index contributed by atoms with van der Waals surface area (Å²) in [5, 5.41) is 0.906. The lowest BCUT2D eigenvalue weighted by atomic mass is 9.98. The molecule has 0 bridgehead atoms. The number of morpholine rings is 1. The quantitative estimate of drug-likeness (QED) is 0.457. The second kappa shape index (κ2) is 9.64. The average Bonchev–Trinajstić information content (AvgIpc) is 3.56. The summed E-state index contributed by atoms with van der Waals surface area (Å²) in [6.07, 6.45) is 5.17. The third kappa shape index (κ3) is 4.49. The number of nitrogens with one attached hydrogen (secondary N) is 1. The van der Waals surface area contributed by atoms with Gasteiger partial charge in [-0.3, -0.25) is 4.79 Å². The topological polar surface area (TPSA) is 90.7 Å². The van der Waals surface area contributed by atoms with Gasteiger partial charge >= 0.3 is 0 Å². The number of nitrogens with zero attached hydrogens (tertiary/aromatic N) is 5. The van der Waals surface area contributed by atoms with Crippen LogP contribution in [-0.2, 0) is 4.74 Å². The molecule has 192 valence electrons. The zero-order valence-electron chi connectivity index (χ0n) is 21.6. The van der Waals surface area contributed by atoms with Gasteiger partial charge in [0.05, 0.1) is 18.8 Å². The molecule has 0 atom stereocenters. The number of aromatic amines is 1. The zero-order valence-corrected chi connectivity index (χ0v) is 21.6. The van der Waals surface area contributed by atoms with E-state index < -0.39 is 0 Å². The van der Waals surface area contributed by atoms with Crippen LogP contribution in [0.2, 0.25) is 0 Å². The van der Waals surface area contributed by atoms with Crippen molar-refractivity contribution in [3.8, 4) is 22.6 Å². The molecule has 9 heteroatoms. The van der Waals surface area contributed by atoms with Crippen molar-refractivity contribution in [3.05, 3.63) is 53.7 Å². The van der Waals surface area contributed by atoms with Gasteiger partial charge in [0.25, 0.3) is 5.91 Å². The molecule has 0 saturated carbocycles. The van der Waals surface area contributed by atoms with E-state index in [9.17, 15) is 4.79 Å². The van der Waals surface area contributed by atoms with E-state index in [-0.39, 0.29) is 5.91 Å². The number of likely N-dealkylation sites (N-methyl/N-ethyl adjacent to an activating group) is 1. The molecule has 9 nitrogen and oxygen atoms in total. The van der Waals surface area contributed by atoms with Crippen molar-refractivity contribution in [3.63, 3.8) is 0 Å². The molecule has 6 rings (SSSR count). The van der Waals surface area contributed by atoms with E-state index in [2.05, 4.69) is 63.8 Å². The number of oxazole rings is 1. The first-order chi connectivity index (χ1) is 18.0. The first kappa shape index (κ1) is 23.7. The van der Waals surface area contributed by atoms with E-state index in [4.69, 9.17) is 9.15 Å². The Hall–Kier alpha value is -3.69. The molecular weight excluding hydrogens is 468 g/mol. The second-order valence-corrected chi connectivity index (χ2v) is 10.0. The number of amides is 1. The monoisotopic (exact) mass is 500 g/mol. The molecule has 1 amide bonds. The number of H-pyrrole nitrogens is 1. The summed E-state index contributed by atoms with van der Waals surface area (Å²) in [4.78, 5) is 31.9. The third-order valence-electron chi connectivity index (χ3n) is 7.43. The van der Waals surface area contributed by atoms with Gasteiger partial charge in [0.15, 0.2) is 5.69 Å². The third-order valence-corrected chi connectivity index (χ3v) is 7.43. The molecule has 3 aromatic heterocycles. The maximum atomic E-state index is 12.8. The van der Waals surface area contributed by atoms with E-state index in [1.165, 1.54) is 23.1 Å². The highest BCUT2D eigenvalue weighted by molar-refractivity contribution is 5.96. The number of hydrogen-bond acceptors (Lipinski definition) is 7. The van der Waals surface area contributed by atoms with Crippen molar-refractivity contribution >= 4 is 22.6 Å². The minimum Gasteiger partial charge on any atom is -0.444 e. The van der Waals surface area contributed by atoms with E-state index >= 15 is 0 Å². The van der Waals surface area contributed by atoms with E-state index in [1.54, 1.807) is 4.90 Å². The van der Waals surface area contributed by atoms with Crippen molar-refractivity contribution < 1.29 is 13.9 Å². The minimum absolute atomic E-state index is 0.136. The molecule has 0 radical (unpaired) electrons. The van der Waals surface area contributed by atoms with Gasteiger partial charge < -0.3 is 28.8 Å². The van der Waals surface area contributed by atoms with Crippen LogP contribution in [0, 0.1) is 13.8 Å². The summed E-state index contributed by atoms with van der Waals surface area (Å²) in [5.41, 5.74) is 7.88. The summed E-state index contributed by atoms with van der Waals surface area (Å²) in [5.74, 6) is 0.267. The Morgan fingerprint density at radius 2 is 1.70 bits per heavy atom. The maximum Gasteiger partial charge on any atom is 0.275 e. The lowest BCUT2D eigenvalue weighted by Crippen LogP contribution is -2.45. The van der Waals surface area contributed by atoms with Gasteiger partial charge in [-0.25, -0.2) is 9.97 Å². The molecule has 0 spiro atoms. The normalized spacial score (nSPS) is 17.1. The molecule has 5 heterocycles. The molecule has 2 fully saturated rings. The van der Waals surface area contributed by atoms with Gasteiger partial charge in [-0.2, -0.15) is 0 Å². The number of pyridine rings is 1. The number of carbonyl (C=O) groups is 1. The highest BCUT2D eigenvalue weighted by Gasteiger charge is 2.23. The number of aryl methyl sites for hydroxylation is 2. The number of ether oxygens (including phenoxy) is 1. The highest BCUT2D eigenvalue weighted by atomic mass is 16.5. The van der Waals surface area contributed by atoms with Gasteiger partial charge in [0.2, 0.25) is 5.89 Å². The Bertz CT molecular complexity index is 1420. The Morgan fingerprint density at radius 3 is 2.43 bits per heavy atom. The van der Waals surface area contributed by atoms with Crippen LogP contribution < -0.4 is 4.90 Å². The lowest BCUT2D eigenvalue weighted by molar-refractivity contribution is 0.0299. The average molecular weight is 501 g/mol. The number of fused-ring (bicyclic) bond motifs is 1. The molecule has 4 aromatic rings. The van der Waals surface area contributed by atoms with Gasteiger partial charge in [0.1, 0.15) is 11.9 Å². The van der Waals surface area contributed by atoms with Crippen LogP contribution in [0.5, 0.6) is 0 Å². The molecule has 2 aliphatic heterocycles. The van der Waals surface area contributed by atoms with Crippen LogP contribution in [0.3, 0.4) is 0 Å². The molecule has 1 aromatic carbocycles. The molecule has 37 heavy (non-hydrogen) atoms. The van der Waals surface area contributed by atoms with Crippen molar-refractivity contribution in [2.75, 3.05) is 64.4 Å². The van der Waals surface area contributed by atoms with Gasteiger partial charge in [-0.05, 0) is 55.8 Å². The van der Waals surface area contributed by atoms with Crippen LogP contribution in [-0.4, -0.2) is 90.2 Å². The fraction of sp³-hybridized carbons (Fsp3) is 0.393. The summed E-state index contributed by atoms with van der Waals surface area (Å²) in [7, 11) is 2.18. The predicted molar refractivity (Wildman–Crippen MR) is 143 cm³/mol. The van der Waals surface area contributed by atoms with Gasteiger partial charge in [0, 0.05) is 68.3 Å². The molecule has 2 aliphatic rings. The van der Waals surface area contributed by atoms with E-state index in [0.29, 0.717) is 37.9 Å². The molecule has 0 aliphatic carbocycles. The number of anilines is 1. The predicted octanol–water partition coefficient (Wildman–Crippen LogP) is 3.73. The molecule has 2 saturated heterocycles. The molecular formula is C28H32N6O3. The summed E-state index contributed by atoms with van der Waals surface area (Å²) in [6, 6.07) is 6.62. The number of piperazine rings is 1. The fourth-order valence-corrected chi connectivity index (χ4v) is 5.41. The minimum atomic E-state index is -0.136. The van der Waals surface area contributed by atoms with E-state index in [0.717, 1.165) is 53.9 Å². The highest BCUT2D eigenvalue weighted by Crippen LogP contribution is 2.34. The van der Waals surface area contributed by atoms with Crippen LogP contribution in [0.1, 0.15) is 21.6 Å². The Labute approximate surface area is 216 Å². The maximum absolute atomic E-state index is 12.8. The van der Waals surface area contributed by atoms with Crippen LogP contribution in [0.4, 0.5) is 5.69 Å². The number of rotatable bonds is 4. The number of hydrogen-bond donors (Lipinski definition) is 1. The fourth-order valence-electron chi connectivity index (χ4n) is 5.41. The molecule has 1 N–H and O–H groups in total. The van der Waals surface area contributed by atoms with Gasteiger partial charge in [-0.15, -0.1) is 0 Å². The van der Waals surface area contributed by atoms with Crippen molar-refractivity contribution in [2.24, 2.45) is 0 Å². The van der Waals surface area contributed by atoms with Crippen molar-refractivity contribution in [1.29, 1.82) is 0 Å².